The summed E-state index contributed by atoms with van der Waals surface area (Å²) in [4.78, 5) is 140. The third kappa shape index (κ3) is 39.3. The molecule has 0 aromatic carbocycles. The van der Waals surface area contributed by atoms with E-state index in [0.717, 1.165) is 55.7 Å². The molecule has 40 heteroatoms. The Morgan fingerprint density at radius 2 is 0.609 bits per heavy atom. The zero-order valence-electron chi connectivity index (χ0n) is 81.0. The zero-order valence-corrected chi connectivity index (χ0v) is 85.7. The van der Waals surface area contributed by atoms with Gasteiger partial charge in [0.25, 0.3) is 0 Å². The summed E-state index contributed by atoms with van der Waals surface area (Å²) in [5.74, 6) is -11.8. The smallest absolute Gasteiger partial charge is 0.865 e. The molecule has 0 radical (unpaired) electrons. The molecule has 0 saturated heterocycles. The second-order valence-corrected chi connectivity index (χ2v) is 39.4. The maximum Gasteiger partial charge on any atom is 1.00 e. The molecule has 7 aliphatic rings. The number of hydrogen-bond donors (Lipinski definition) is 15. The van der Waals surface area contributed by atoms with Crippen LogP contribution in [0.3, 0.4) is 0 Å². The number of allylic oxidation sites excluding steroid dienone is 40. The second kappa shape index (κ2) is 55.3. The number of cyclic esters (lactones) is 3. The van der Waals surface area contributed by atoms with Crippen molar-refractivity contribution in [3.8, 4) is 0 Å². The van der Waals surface area contributed by atoms with Gasteiger partial charge >= 0.3 is 70.9 Å². The number of hydrogen-bond acceptors (Lipinski definition) is 31. The van der Waals surface area contributed by atoms with E-state index in [2.05, 4.69) is 80.1 Å². The van der Waals surface area contributed by atoms with E-state index in [1.54, 1.807) is 27.7 Å². The van der Waals surface area contributed by atoms with Gasteiger partial charge in [0.05, 0.1) is 19.8 Å². The molecule has 0 spiro atoms. The molecule has 4 aliphatic carbocycles. The summed E-state index contributed by atoms with van der Waals surface area (Å²) in [6.45, 7) is 35.7. The Kier molecular flexibility index (Phi) is 49.8. The third-order valence-corrected chi connectivity index (χ3v) is 23.9. The normalized spacial score (nSPS) is 24.6. The molecule has 0 amide bonds. The molecule has 0 saturated carbocycles. The Balaban J connectivity index is 0.000000841. The molecule has 752 valence electrons. The van der Waals surface area contributed by atoms with Gasteiger partial charge in [-0.3, -0.25) is 37.3 Å². The minimum absolute atomic E-state index is 0. The Morgan fingerprint density at radius 3 is 0.841 bits per heavy atom. The molecule has 36 nitrogen and oxygen atoms in total. The fraction of sp³-hybridized carbons (Fsp3) is 0.418. The average Bonchev–Trinajstić information content (AvgIpc) is 1.39. The number of phosphoric acid groups is 3. The molecule has 12 atom stereocenters. The van der Waals surface area contributed by atoms with E-state index in [4.69, 9.17) is 67.7 Å². The van der Waals surface area contributed by atoms with Crippen LogP contribution in [-0.2, 0) is 79.6 Å². The van der Waals surface area contributed by atoms with Crippen molar-refractivity contribution >= 4 is 64.5 Å². The zero-order chi connectivity index (χ0) is 105. The Morgan fingerprint density at radius 1 is 0.384 bits per heavy atom. The standard InChI is InChI=1S/C52H66O20P2.C40H52O4.C6H8O6.Na.H3O4P.O2/c1-29(17-13-19-31(3)21-23-35-33(5)41(55)39(25-51(35,7)8)71-73(63,64)67-27-37(53)47-43(57)45(59)49(61)69-47)15-11-12-16-30(2)18-14-20-32(4)22-24-36-34(6)42(56)40(26-52(36,9)10)72-74(65,66)68-28-38(54)48-44(58)46(60)50(62)70-48;1-27(17-13-19-29(3)21-23-33-31(5)37(43)35(41)25-39(33,7)8)15-11-12-16-28(2)18-14-20-30(4)22-24-34-32(6)38(44)36(42)26-40(34,9)10;7-1-2(8)5-3(9)4(10)6(11)12-5;;1-5(2,3)4;1-2/h11-24,37-40,47-48,53-54,57-60H,25-28H2,1-10H3,(H,63,64)(H,65,66);11-24,35-36,41-42H,25-26H2,1-10H3;2,5,7-10H,1H2;;(H3,1,2,3,4);/q;;;+1;;/p-2/b12-11+,17-13+,18-14+,23-21+,24-22+,29-15+,30-16+,31-19+,32-20+;12-11+,17-13+,18-14+,23-21+,24-22+,27-15+,28-16+,29-19+,30-20+;;;;/t37-,38-,39?,40?,47+,48+;;2-,5+;;;/m0.0.../s1. The van der Waals surface area contributed by atoms with Crippen molar-refractivity contribution in [3.05, 3.63) is 304 Å². The van der Waals surface area contributed by atoms with Gasteiger partial charge in [0.15, 0.2) is 47.2 Å². The Labute approximate surface area is 824 Å². The van der Waals surface area contributed by atoms with E-state index >= 15 is 0 Å². The van der Waals surface area contributed by atoms with Crippen LogP contribution in [0.1, 0.15) is 164 Å². The number of ketones is 4. The fourth-order valence-electron chi connectivity index (χ4n) is 14.5. The van der Waals surface area contributed by atoms with E-state index < -0.39 is 179 Å². The number of aliphatic hydroxyl groups excluding tert-OH is 10. The molecule has 0 bridgehead atoms. The predicted octanol–water partition coefficient (Wildman–Crippen LogP) is 9.66. The van der Waals surface area contributed by atoms with Gasteiger partial charge < -0.3 is 100.0 Å². The monoisotopic (exact) mass is 2000 g/mol. The Bertz CT molecular complexity index is 5190. The maximum atomic E-state index is 13.3. The van der Waals surface area contributed by atoms with Gasteiger partial charge in [0, 0.05) is 21.4 Å². The van der Waals surface area contributed by atoms with Crippen molar-refractivity contribution in [2.75, 3.05) is 19.8 Å². The molecular formula is C98H127NaO36P3-. The number of Topliss-reactive ketones (excluding diaryl/α,β-unsaturated/α-hetero) is 4. The van der Waals surface area contributed by atoms with Gasteiger partial charge in [-0.15, -0.1) is 0 Å². The van der Waals surface area contributed by atoms with E-state index in [1.165, 1.54) is 0 Å². The summed E-state index contributed by atoms with van der Waals surface area (Å²) in [5.41, 5.74) is 11.5. The van der Waals surface area contributed by atoms with Gasteiger partial charge in [-0.25, -0.2) is 28.1 Å². The van der Waals surface area contributed by atoms with Crippen molar-refractivity contribution in [1.82, 2.24) is 0 Å². The molecule has 15 N–H and O–H groups in total. The molecule has 0 aromatic rings. The summed E-state index contributed by atoms with van der Waals surface area (Å²) in [5, 5.41) is 118. The van der Waals surface area contributed by atoms with Crippen LogP contribution in [0.2, 0.25) is 0 Å². The predicted molar refractivity (Wildman–Crippen MR) is 507 cm³/mol. The van der Waals surface area contributed by atoms with Gasteiger partial charge in [-0.1, -0.05) is 270 Å². The summed E-state index contributed by atoms with van der Waals surface area (Å²) < 4.78 is 67.8. The van der Waals surface area contributed by atoms with Crippen LogP contribution in [-0.4, -0.2) is 197 Å². The van der Waals surface area contributed by atoms with Crippen molar-refractivity contribution in [1.29, 1.82) is 0 Å². The van der Waals surface area contributed by atoms with Crippen molar-refractivity contribution < 1.29 is 195 Å². The maximum absolute atomic E-state index is 13.3. The first-order valence-electron chi connectivity index (χ1n) is 42.7. The van der Waals surface area contributed by atoms with E-state index in [1.807, 2.05) is 215 Å². The average molecular weight is 2000 g/mol. The molecule has 6 unspecified atom stereocenters. The molecule has 7 rings (SSSR count). The molecule has 3 aliphatic heterocycles. The number of rotatable bonds is 34. The topological polar surface area (TPSA) is 619 Å². The van der Waals surface area contributed by atoms with Crippen LogP contribution in [0, 0.1) is 31.6 Å². The van der Waals surface area contributed by atoms with E-state index in [-0.39, 0.29) is 64.8 Å². The van der Waals surface area contributed by atoms with Gasteiger partial charge in [-0.2, -0.15) is 0 Å². The summed E-state index contributed by atoms with van der Waals surface area (Å²) in [6.07, 6.45) is 41.2. The number of carbonyl (C=O) groups is 7. The third-order valence-electron chi connectivity index (χ3n) is 21.9. The quantitative estimate of drug-likeness (QED) is 0.00936. The first-order valence-corrected chi connectivity index (χ1v) is 47.3. The van der Waals surface area contributed by atoms with Crippen LogP contribution < -0.4 is 39.8 Å². The number of esters is 3. The first kappa shape index (κ1) is 124. The minimum atomic E-state index is -4.95. The van der Waals surface area contributed by atoms with Gasteiger partial charge in [-0.05, 0) is 175 Å². The van der Waals surface area contributed by atoms with Crippen LogP contribution in [0.15, 0.2) is 294 Å². The summed E-state index contributed by atoms with van der Waals surface area (Å²) >= 11 is 0. The fourth-order valence-corrected chi connectivity index (χ4v) is 16.3. The van der Waals surface area contributed by atoms with Crippen molar-refractivity contribution in [3.63, 3.8) is 0 Å². The number of carbonyl (C=O) groups excluding carboxylic acids is 7. The number of phosphoric ester groups is 2. The van der Waals surface area contributed by atoms with Crippen LogP contribution in [0.5, 0.6) is 0 Å². The number of ether oxygens (including phenoxy) is 3. The first-order chi connectivity index (χ1) is 63.3. The molecule has 3 heterocycles. The Hall–Kier alpha value is -9.92. The van der Waals surface area contributed by atoms with Crippen molar-refractivity contribution in [2.24, 2.45) is 21.7 Å². The SMILES string of the molecule is CC1=C(/C=C/C(C)=C/C=C/C(C)=C/C=C/C=C(C)/C=C/C=C(C)/C=C/C2=C(C)C(=O)C(O)CC2(C)C)C(C)(C)CC(O)C1=O.CC1=C(/C=C/C(C)=C/C=C/C(C)=C/C=C/C=C(C)/C=C/C=C(C)/C=C/C2=C(C)C(=O)C(OP(=O)(O)OC[C@H](O)[C@H]3OC(=O)C([O-])=C3O)CC2(C)C)C(C)(C)CC(OP(=O)(O)OC[C@H](O)[C@H]2OC(=O)C([O-])=C2O)C1=O.O=C1O[C@H]([C@@H](O)CO)C(O)=C1O.O=O.O=P(O)(O)O.[Na+]. The molecular weight excluding hydrogens is 1870 g/mol. The minimum Gasteiger partial charge on any atom is -0.865 e. The van der Waals surface area contributed by atoms with Crippen LogP contribution in [0.25, 0.3) is 0 Å². The number of aliphatic hydroxyl groups is 10. The van der Waals surface area contributed by atoms with Gasteiger partial charge in [0.2, 0.25) is 5.76 Å². The molecule has 0 aromatic heterocycles. The van der Waals surface area contributed by atoms with Crippen molar-refractivity contribution in [2.45, 2.75) is 225 Å². The van der Waals surface area contributed by atoms with Crippen LogP contribution in [0.4, 0.5) is 0 Å². The van der Waals surface area contributed by atoms with E-state index in [0.29, 0.717) is 46.3 Å². The summed E-state index contributed by atoms with van der Waals surface area (Å²) in [6, 6.07) is 0. The van der Waals surface area contributed by atoms with Gasteiger partial charge in [0.1, 0.15) is 54.2 Å². The van der Waals surface area contributed by atoms with Crippen LogP contribution >= 0.6 is 23.5 Å². The summed E-state index contributed by atoms with van der Waals surface area (Å²) in [7, 11) is -14.5. The molecule has 0 fully saturated rings. The largest absolute Gasteiger partial charge is 1.00 e. The van der Waals surface area contributed by atoms with E-state index in [9.17, 15) is 93.3 Å². The second-order valence-electron chi connectivity index (χ2n) is 35.6. The molecule has 138 heavy (non-hydrogen) atoms.